The minimum Gasteiger partial charge on any atom is -0.462 e. The van der Waals surface area contributed by atoms with Gasteiger partial charge in [0.25, 0.3) is 0 Å². The molecular weight excluding hydrogens is 805 g/mol. The summed E-state index contributed by atoms with van der Waals surface area (Å²) in [5, 5.41) is 0. The highest BCUT2D eigenvalue weighted by molar-refractivity contribution is 5.71. The number of carbonyl (C=O) groups is 3. The zero-order valence-corrected chi connectivity index (χ0v) is 42.0. The summed E-state index contributed by atoms with van der Waals surface area (Å²) >= 11 is 0. The molecule has 1 atom stereocenters. The third-order valence-corrected chi connectivity index (χ3v) is 10.8. The predicted octanol–water partition coefficient (Wildman–Crippen LogP) is 17.5. The summed E-state index contributed by atoms with van der Waals surface area (Å²) < 4.78 is 16.8. The van der Waals surface area contributed by atoms with E-state index in [9.17, 15) is 14.4 Å². The van der Waals surface area contributed by atoms with Crippen LogP contribution in [0.15, 0.2) is 109 Å². The van der Waals surface area contributed by atoms with Crippen LogP contribution in [0.5, 0.6) is 0 Å². The highest BCUT2D eigenvalue weighted by atomic mass is 16.6. The number of unbranched alkanes of at least 4 members (excludes halogenated alkanes) is 20. The van der Waals surface area contributed by atoms with Crippen LogP contribution in [0.3, 0.4) is 0 Å². The molecule has 368 valence electrons. The van der Waals surface area contributed by atoms with Crippen LogP contribution >= 0.6 is 0 Å². The molecule has 0 aromatic carbocycles. The summed E-state index contributed by atoms with van der Waals surface area (Å²) in [6, 6.07) is 0. The average Bonchev–Trinajstić information content (AvgIpc) is 3.30. The molecule has 0 aliphatic carbocycles. The summed E-state index contributed by atoms with van der Waals surface area (Å²) in [6.07, 6.45) is 70.7. The van der Waals surface area contributed by atoms with Gasteiger partial charge >= 0.3 is 17.9 Å². The van der Waals surface area contributed by atoms with E-state index in [1.165, 1.54) is 44.9 Å². The molecule has 1 unspecified atom stereocenters. The van der Waals surface area contributed by atoms with Gasteiger partial charge in [0.1, 0.15) is 13.2 Å². The fourth-order valence-corrected chi connectivity index (χ4v) is 6.84. The molecule has 0 aromatic heterocycles. The molecule has 0 amide bonds. The lowest BCUT2D eigenvalue weighted by Gasteiger charge is -2.18. The zero-order valence-electron chi connectivity index (χ0n) is 42.0. The van der Waals surface area contributed by atoms with Crippen LogP contribution in [0.4, 0.5) is 0 Å². The number of carbonyl (C=O) groups excluding carboxylic acids is 3. The molecule has 0 bridgehead atoms. The van der Waals surface area contributed by atoms with Gasteiger partial charge in [0.2, 0.25) is 0 Å². The van der Waals surface area contributed by atoms with Crippen molar-refractivity contribution in [2.45, 2.75) is 232 Å². The van der Waals surface area contributed by atoms with Crippen LogP contribution in [0, 0.1) is 0 Å². The van der Waals surface area contributed by atoms with Crippen LogP contribution in [0.25, 0.3) is 0 Å². The number of ether oxygens (including phenoxy) is 3. The minimum atomic E-state index is -0.802. The Bertz CT molecular complexity index is 1360. The molecule has 0 rings (SSSR count). The summed E-state index contributed by atoms with van der Waals surface area (Å²) in [5.74, 6) is -0.956. The molecule has 0 aromatic rings. The van der Waals surface area contributed by atoms with E-state index >= 15 is 0 Å². The molecule has 0 spiro atoms. The molecule has 0 saturated heterocycles. The van der Waals surface area contributed by atoms with Crippen molar-refractivity contribution in [2.75, 3.05) is 13.2 Å². The van der Waals surface area contributed by atoms with Crippen molar-refractivity contribution < 1.29 is 28.6 Å². The lowest BCUT2D eigenvalue weighted by atomic mass is 10.1. The first kappa shape index (κ1) is 61.1. The standard InChI is InChI=1S/C59H96O6/c1-4-7-10-13-16-19-22-24-26-28-30-32-33-35-37-40-43-46-49-52-58(61)64-55-56(54-63-57(60)51-48-45-42-39-21-18-15-12-9-6-3)65-59(62)53-50-47-44-41-38-36-34-31-29-27-25-23-20-17-14-11-8-5-2/h7,10,15-20,23-27,29-32,34,56H,4-6,8-9,11-14,21-22,28,33,35-55H2,1-3H3/b10-7-,18-15-,19-16-,20-17-,25-23-,26-24-,29-27-,32-30-,34-31-. The first-order valence-corrected chi connectivity index (χ1v) is 26.4. The van der Waals surface area contributed by atoms with E-state index in [1.807, 2.05) is 0 Å². The van der Waals surface area contributed by atoms with E-state index in [2.05, 4.69) is 130 Å². The fraction of sp³-hybridized carbons (Fsp3) is 0.644. The Balaban J connectivity index is 4.45. The Morgan fingerprint density at radius 1 is 0.338 bits per heavy atom. The van der Waals surface area contributed by atoms with Crippen molar-refractivity contribution >= 4 is 17.9 Å². The molecule has 0 N–H and O–H groups in total. The van der Waals surface area contributed by atoms with Crippen molar-refractivity contribution in [3.05, 3.63) is 109 Å². The maximum Gasteiger partial charge on any atom is 0.306 e. The lowest BCUT2D eigenvalue weighted by Crippen LogP contribution is -2.30. The highest BCUT2D eigenvalue weighted by Gasteiger charge is 2.19. The molecule has 0 saturated carbocycles. The molecule has 6 nitrogen and oxygen atoms in total. The molecule has 65 heavy (non-hydrogen) atoms. The van der Waals surface area contributed by atoms with Crippen molar-refractivity contribution in [1.82, 2.24) is 0 Å². The SMILES string of the molecule is CC/C=C\C/C=C\C/C=C\C/C=C\CCCCCCCCC(=O)OCC(COC(=O)CCCCCC/C=C\CCCC)OC(=O)CCCCCCC\C=C/C=C\C=C/C=C\CCCCC. The first-order valence-electron chi connectivity index (χ1n) is 26.4. The summed E-state index contributed by atoms with van der Waals surface area (Å²) in [4.78, 5) is 38.0. The molecule has 0 fully saturated rings. The summed E-state index contributed by atoms with van der Waals surface area (Å²) in [7, 11) is 0. The predicted molar refractivity (Wildman–Crippen MR) is 279 cm³/mol. The van der Waals surface area contributed by atoms with E-state index in [0.29, 0.717) is 19.3 Å². The Morgan fingerprint density at radius 3 is 1.14 bits per heavy atom. The van der Waals surface area contributed by atoms with Gasteiger partial charge in [-0.2, -0.15) is 0 Å². The average molecular weight is 901 g/mol. The monoisotopic (exact) mass is 901 g/mol. The Labute approximate surface area is 400 Å². The molecule has 0 radical (unpaired) electrons. The summed E-state index contributed by atoms with van der Waals surface area (Å²) in [5.41, 5.74) is 0. The molecular formula is C59H96O6. The Hall–Kier alpha value is -3.93. The summed E-state index contributed by atoms with van der Waals surface area (Å²) in [6.45, 7) is 6.39. The van der Waals surface area contributed by atoms with Crippen molar-refractivity contribution in [3.8, 4) is 0 Å². The van der Waals surface area contributed by atoms with Crippen molar-refractivity contribution in [1.29, 1.82) is 0 Å². The van der Waals surface area contributed by atoms with Crippen LogP contribution in [-0.2, 0) is 28.6 Å². The fourth-order valence-electron chi connectivity index (χ4n) is 6.84. The van der Waals surface area contributed by atoms with E-state index in [-0.39, 0.29) is 31.1 Å². The Kier molecular flexibility index (Phi) is 49.5. The van der Waals surface area contributed by atoms with E-state index in [4.69, 9.17) is 14.2 Å². The highest BCUT2D eigenvalue weighted by Crippen LogP contribution is 2.13. The maximum absolute atomic E-state index is 12.8. The van der Waals surface area contributed by atoms with Gasteiger partial charge in [-0.25, -0.2) is 0 Å². The van der Waals surface area contributed by atoms with Gasteiger partial charge in [-0.1, -0.05) is 214 Å². The van der Waals surface area contributed by atoms with E-state index in [0.717, 1.165) is 141 Å². The molecule has 0 heterocycles. The Morgan fingerprint density at radius 2 is 0.677 bits per heavy atom. The van der Waals surface area contributed by atoms with Gasteiger partial charge in [-0.05, 0) is 103 Å². The van der Waals surface area contributed by atoms with Gasteiger partial charge in [0, 0.05) is 19.3 Å². The van der Waals surface area contributed by atoms with Crippen molar-refractivity contribution in [2.24, 2.45) is 0 Å². The van der Waals surface area contributed by atoms with Crippen LogP contribution in [0.2, 0.25) is 0 Å². The molecule has 0 aliphatic rings. The van der Waals surface area contributed by atoms with Gasteiger partial charge in [-0.3, -0.25) is 14.4 Å². The van der Waals surface area contributed by atoms with E-state index in [1.54, 1.807) is 0 Å². The molecule has 0 aliphatic heterocycles. The van der Waals surface area contributed by atoms with Gasteiger partial charge < -0.3 is 14.2 Å². The second-order valence-corrected chi connectivity index (χ2v) is 17.1. The first-order chi connectivity index (χ1) is 32.0. The smallest absolute Gasteiger partial charge is 0.306 e. The third-order valence-electron chi connectivity index (χ3n) is 10.8. The van der Waals surface area contributed by atoms with Crippen molar-refractivity contribution in [3.63, 3.8) is 0 Å². The number of hydrogen-bond acceptors (Lipinski definition) is 6. The zero-order chi connectivity index (χ0) is 47.2. The third kappa shape index (κ3) is 50.9. The van der Waals surface area contributed by atoms with Crippen LogP contribution in [-0.4, -0.2) is 37.2 Å². The normalized spacial score (nSPS) is 13.0. The van der Waals surface area contributed by atoms with Crippen LogP contribution in [0.1, 0.15) is 226 Å². The number of rotatable bonds is 46. The second-order valence-electron chi connectivity index (χ2n) is 17.1. The van der Waals surface area contributed by atoms with Gasteiger partial charge in [0.15, 0.2) is 6.10 Å². The largest absolute Gasteiger partial charge is 0.462 e. The lowest BCUT2D eigenvalue weighted by molar-refractivity contribution is -0.167. The van der Waals surface area contributed by atoms with Gasteiger partial charge in [0.05, 0.1) is 0 Å². The quantitative estimate of drug-likeness (QED) is 0.0199. The minimum absolute atomic E-state index is 0.101. The van der Waals surface area contributed by atoms with E-state index < -0.39 is 6.10 Å². The molecule has 6 heteroatoms. The maximum atomic E-state index is 12.8. The second kappa shape index (κ2) is 52.7. The van der Waals surface area contributed by atoms with Gasteiger partial charge in [-0.15, -0.1) is 0 Å². The number of hydrogen-bond donors (Lipinski definition) is 0. The topological polar surface area (TPSA) is 78.9 Å². The number of allylic oxidation sites excluding steroid dienone is 18. The van der Waals surface area contributed by atoms with Crippen LogP contribution < -0.4 is 0 Å². The number of esters is 3.